The van der Waals surface area contributed by atoms with Crippen LogP contribution in [0.1, 0.15) is 18.1 Å². The molecule has 2 aromatic rings. The number of alkyl halides is 2. The van der Waals surface area contributed by atoms with Gasteiger partial charge in [0.2, 0.25) is 0 Å². The highest BCUT2D eigenvalue weighted by molar-refractivity contribution is 7.92. The molecule has 140 valence electrons. The number of ether oxygens (including phenoxy) is 2. The number of para-hydroxylation sites is 1. The molecule has 1 atom stereocenters. The average molecular weight is 385 g/mol. The maximum absolute atomic E-state index is 12.6. The summed E-state index contributed by atoms with van der Waals surface area (Å²) in [5.41, 5.74) is 0.742. The molecule has 0 amide bonds. The molecule has 9 heteroatoms. The SMILES string of the molecule is O=S(=O)(Nc1cccc2c1OCCC2O)c1ccc(OCC(F)F)cc1. The number of halogens is 2. The van der Waals surface area contributed by atoms with Gasteiger partial charge in [-0.15, -0.1) is 0 Å². The standard InChI is InChI=1S/C17H17F2NO5S/c18-16(19)10-25-11-4-6-12(7-5-11)26(22,23)20-14-3-1-2-13-15(21)8-9-24-17(13)14/h1-7,15-16,20-21H,8-10H2. The van der Waals surface area contributed by atoms with Crippen molar-refractivity contribution in [2.75, 3.05) is 17.9 Å². The van der Waals surface area contributed by atoms with Gasteiger partial charge in [-0.2, -0.15) is 0 Å². The molecule has 0 fully saturated rings. The van der Waals surface area contributed by atoms with Gasteiger partial charge in [-0.1, -0.05) is 12.1 Å². The van der Waals surface area contributed by atoms with Crippen LogP contribution >= 0.6 is 0 Å². The second-order valence-corrected chi connectivity index (χ2v) is 7.34. The van der Waals surface area contributed by atoms with E-state index in [0.717, 1.165) is 0 Å². The first kappa shape index (κ1) is 18.4. The molecule has 0 aliphatic carbocycles. The fourth-order valence-corrected chi connectivity index (χ4v) is 3.63. The molecule has 3 rings (SSSR count). The third kappa shape index (κ3) is 4.05. The van der Waals surface area contributed by atoms with Crippen molar-refractivity contribution in [2.45, 2.75) is 23.8 Å². The number of anilines is 1. The Kier molecular flexibility index (Phi) is 5.28. The predicted molar refractivity (Wildman–Crippen MR) is 90.3 cm³/mol. The predicted octanol–water partition coefficient (Wildman–Crippen LogP) is 2.95. The largest absolute Gasteiger partial charge is 0.491 e. The lowest BCUT2D eigenvalue weighted by Crippen LogP contribution is -2.18. The molecule has 0 aromatic heterocycles. The van der Waals surface area contributed by atoms with Crippen LogP contribution in [0.15, 0.2) is 47.4 Å². The second-order valence-electron chi connectivity index (χ2n) is 5.66. The maximum atomic E-state index is 12.6. The Hall–Kier alpha value is -2.39. The summed E-state index contributed by atoms with van der Waals surface area (Å²) in [6.45, 7) is -0.483. The first-order valence-corrected chi connectivity index (χ1v) is 9.33. The van der Waals surface area contributed by atoms with Crippen molar-refractivity contribution >= 4 is 15.7 Å². The highest BCUT2D eigenvalue weighted by Crippen LogP contribution is 2.38. The molecule has 0 spiro atoms. The van der Waals surface area contributed by atoms with Crippen molar-refractivity contribution in [1.29, 1.82) is 0 Å². The van der Waals surface area contributed by atoms with E-state index in [1.807, 2.05) is 0 Å². The Morgan fingerprint density at radius 1 is 1.23 bits per heavy atom. The molecular weight excluding hydrogens is 368 g/mol. The van der Waals surface area contributed by atoms with Gasteiger partial charge in [-0.3, -0.25) is 4.72 Å². The number of benzene rings is 2. The van der Waals surface area contributed by atoms with E-state index in [1.165, 1.54) is 30.3 Å². The maximum Gasteiger partial charge on any atom is 0.272 e. The summed E-state index contributed by atoms with van der Waals surface area (Å²) in [5.74, 6) is 0.444. The van der Waals surface area contributed by atoms with Crippen molar-refractivity contribution in [3.8, 4) is 11.5 Å². The summed E-state index contributed by atoms with van der Waals surface area (Å²) in [6, 6.07) is 9.95. The van der Waals surface area contributed by atoms with E-state index in [-0.39, 0.29) is 22.9 Å². The van der Waals surface area contributed by atoms with Crippen LogP contribution in [-0.4, -0.2) is 33.2 Å². The van der Waals surface area contributed by atoms with Gasteiger partial charge in [-0.05, 0) is 30.3 Å². The number of fused-ring (bicyclic) bond motifs is 1. The van der Waals surface area contributed by atoms with E-state index < -0.39 is 29.2 Å². The van der Waals surface area contributed by atoms with Gasteiger partial charge in [0.25, 0.3) is 16.4 Å². The van der Waals surface area contributed by atoms with E-state index >= 15 is 0 Å². The van der Waals surface area contributed by atoms with Crippen LogP contribution in [0.25, 0.3) is 0 Å². The van der Waals surface area contributed by atoms with E-state index in [4.69, 9.17) is 9.47 Å². The van der Waals surface area contributed by atoms with Crippen LogP contribution in [-0.2, 0) is 10.0 Å². The van der Waals surface area contributed by atoms with Crippen LogP contribution in [0.2, 0.25) is 0 Å². The zero-order chi connectivity index (χ0) is 18.7. The Bertz CT molecular complexity index is 871. The fourth-order valence-electron chi connectivity index (χ4n) is 2.56. The monoisotopic (exact) mass is 385 g/mol. The molecule has 1 unspecified atom stereocenters. The zero-order valence-corrected chi connectivity index (χ0v) is 14.4. The molecule has 2 aromatic carbocycles. The van der Waals surface area contributed by atoms with Gasteiger partial charge in [0, 0.05) is 12.0 Å². The van der Waals surface area contributed by atoms with Gasteiger partial charge in [0.15, 0.2) is 0 Å². The smallest absolute Gasteiger partial charge is 0.272 e. The highest BCUT2D eigenvalue weighted by atomic mass is 32.2. The Balaban J connectivity index is 1.80. The first-order chi connectivity index (χ1) is 12.4. The normalized spacial score (nSPS) is 16.7. The highest BCUT2D eigenvalue weighted by Gasteiger charge is 2.24. The number of sulfonamides is 1. The van der Waals surface area contributed by atoms with Crippen LogP contribution in [0.3, 0.4) is 0 Å². The van der Waals surface area contributed by atoms with Crippen molar-refractivity contribution in [1.82, 2.24) is 0 Å². The molecule has 2 N–H and O–H groups in total. The summed E-state index contributed by atoms with van der Waals surface area (Å²) in [5, 5.41) is 10.00. The number of aliphatic hydroxyl groups is 1. The summed E-state index contributed by atoms with van der Waals surface area (Å²) in [7, 11) is -3.93. The van der Waals surface area contributed by atoms with Crippen LogP contribution < -0.4 is 14.2 Å². The van der Waals surface area contributed by atoms with Gasteiger partial charge < -0.3 is 14.6 Å². The molecule has 0 saturated carbocycles. The van der Waals surface area contributed by atoms with Crippen LogP contribution in [0.5, 0.6) is 11.5 Å². The van der Waals surface area contributed by atoms with Crippen molar-refractivity contribution in [2.24, 2.45) is 0 Å². The molecule has 0 saturated heterocycles. The lowest BCUT2D eigenvalue weighted by atomic mass is 10.0. The van der Waals surface area contributed by atoms with Gasteiger partial charge >= 0.3 is 0 Å². The third-order valence-corrected chi connectivity index (χ3v) is 5.18. The summed E-state index contributed by atoms with van der Waals surface area (Å²) in [4.78, 5) is -0.0594. The van der Waals surface area contributed by atoms with E-state index in [1.54, 1.807) is 12.1 Å². The molecule has 0 bridgehead atoms. The second kappa shape index (κ2) is 7.46. The summed E-state index contributed by atoms with van der Waals surface area (Å²) in [6.07, 6.45) is -2.89. The topological polar surface area (TPSA) is 84.9 Å². The van der Waals surface area contributed by atoms with Gasteiger partial charge in [0.1, 0.15) is 18.1 Å². The summed E-state index contributed by atoms with van der Waals surface area (Å²) < 4.78 is 62.1. The number of nitrogens with one attached hydrogen (secondary N) is 1. The lowest BCUT2D eigenvalue weighted by molar-refractivity contribution is 0.0819. The molecule has 1 aliphatic heterocycles. The van der Waals surface area contributed by atoms with Crippen LogP contribution in [0.4, 0.5) is 14.5 Å². The van der Waals surface area contributed by atoms with Crippen molar-refractivity contribution < 1.29 is 31.8 Å². The number of hydrogen-bond acceptors (Lipinski definition) is 5. The van der Waals surface area contributed by atoms with E-state index in [2.05, 4.69) is 4.72 Å². The molecule has 0 radical (unpaired) electrons. The minimum Gasteiger partial charge on any atom is -0.491 e. The minimum atomic E-state index is -3.93. The lowest BCUT2D eigenvalue weighted by Gasteiger charge is -2.24. The van der Waals surface area contributed by atoms with E-state index in [0.29, 0.717) is 17.7 Å². The van der Waals surface area contributed by atoms with Gasteiger partial charge in [0.05, 0.1) is 23.3 Å². The quantitative estimate of drug-likeness (QED) is 0.799. The zero-order valence-electron chi connectivity index (χ0n) is 13.6. The molecule has 6 nitrogen and oxygen atoms in total. The third-order valence-electron chi connectivity index (χ3n) is 3.80. The van der Waals surface area contributed by atoms with Crippen molar-refractivity contribution in [3.63, 3.8) is 0 Å². The molecule has 1 aliphatic rings. The fraction of sp³-hybridized carbons (Fsp3) is 0.294. The Morgan fingerprint density at radius 2 is 1.96 bits per heavy atom. The molecular formula is C17H17F2NO5S. The summed E-state index contributed by atoms with van der Waals surface area (Å²) >= 11 is 0. The molecule has 1 heterocycles. The average Bonchev–Trinajstić information content (AvgIpc) is 2.61. The molecule has 26 heavy (non-hydrogen) atoms. The number of rotatable bonds is 6. The minimum absolute atomic E-state index is 0.0594. The van der Waals surface area contributed by atoms with E-state index in [9.17, 15) is 22.3 Å². The number of hydrogen-bond donors (Lipinski definition) is 2. The van der Waals surface area contributed by atoms with Crippen LogP contribution in [0, 0.1) is 0 Å². The Labute approximate surface area is 149 Å². The Morgan fingerprint density at radius 3 is 2.65 bits per heavy atom. The first-order valence-electron chi connectivity index (χ1n) is 7.84. The van der Waals surface area contributed by atoms with Crippen molar-refractivity contribution in [3.05, 3.63) is 48.0 Å². The number of aliphatic hydroxyl groups excluding tert-OH is 1. The van der Waals surface area contributed by atoms with Gasteiger partial charge in [-0.25, -0.2) is 17.2 Å².